The van der Waals surface area contributed by atoms with Crippen LogP contribution in [0.25, 0.3) is 0 Å². The highest BCUT2D eigenvalue weighted by Crippen LogP contribution is 2.43. The van der Waals surface area contributed by atoms with E-state index in [-0.39, 0.29) is 0 Å². The van der Waals surface area contributed by atoms with Crippen LogP contribution in [0.3, 0.4) is 0 Å². The smallest absolute Gasteiger partial charge is 0.139 e. The summed E-state index contributed by atoms with van der Waals surface area (Å²) < 4.78 is 26.3. The van der Waals surface area contributed by atoms with Crippen LogP contribution in [-0.4, -0.2) is 11.1 Å². The van der Waals surface area contributed by atoms with Crippen molar-refractivity contribution in [2.45, 2.75) is 30.6 Å². The van der Waals surface area contributed by atoms with Crippen LogP contribution in [0.2, 0.25) is 0 Å². The minimum Gasteiger partial charge on any atom is -0.207 e. The first-order chi connectivity index (χ1) is 8.15. The Morgan fingerprint density at radius 3 is 2.53 bits per heavy atom. The molecule has 0 saturated heterocycles. The molecule has 0 aromatic heterocycles. The molecule has 94 valence electrons. The number of rotatable bonds is 4. The van der Waals surface area contributed by atoms with E-state index in [1.807, 2.05) is 0 Å². The van der Waals surface area contributed by atoms with E-state index < -0.39 is 11.6 Å². The Morgan fingerprint density at radius 2 is 1.94 bits per heavy atom. The zero-order chi connectivity index (χ0) is 12.3. The summed E-state index contributed by atoms with van der Waals surface area (Å²) in [6.07, 6.45) is 4.93. The average molecular weight is 321 g/mol. The van der Waals surface area contributed by atoms with Crippen LogP contribution in [0.15, 0.2) is 23.1 Å². The first-order valence-electron chi connectivity index (χ1n) is 5.79. The van der Waals surface area contributed by atoms with Crippen LogP contribution in [0.5, 0.6) is 0 Å². The first kappa shape index (κ1) is 13.3. The monoisotopic (exact) mass is 320 g/mol. The van der Waals surface area contributed by atoms with Gasteiger partial charge in [0.1, 0.15) is 11.6 Å². The highest BCUT2D eigenvalue weighted by atomic mass is 79.9. The zero-order valence-electron chi connectivity index (χ0n) is 9.52. The van der Waals surface area contributed by atoms with Crippen molar-refractivity contribution in [3.05, 3.63) is 29.8 Å². The predicted octanol–water partition coefficient (Wildman–Crippen LogP) is 5.01. The Kier molecular flexibility index (Phi) is 4.47. The van der Waals surface area contributed by atoms with Gasteiger partial charge in [0, 0.05) is 22.0 Å². The second kappa shape index (κ2) is 5.70. The van der Waals surface area contributed by atoms with Gasteiger partial charge in [-0.05, 0) is 30.4 Å². The molecule has 0 spiro atoms. The summed E-state index contributed by atoms with van der Waals surface area (Å²) in [4.78, 5) is 0.554. The van der Waals surface area contributed by atoms with E-state index in [1.54, 1.807) is 0 Å². The Balaban J connectivity index is 2.01. The molecule has 0 heterocycles. The lowest BCUT2D eigenvalue weighted by Gasteiger charge is -2.25. The van der Waals surface area contributed by atoms with Gasteiger partial charge in [0.2, 0.25) is 0 Å². The van der Waals surface area contributed by atoms with E-state index in [2.05, 4.69) is 15.9 Å². The minimum absolute atomic E-state index is 0.297. The third-order valence-corrected chi connectivity index (χ3v) is 5.96. The van der Waals surface area contributed by atoms with E-state index in [0.717, 1.165) is 17.1 Å². The van der Waals surface area contributed by atoms with Crippen molar-refractivity contribution >= 4 is 27.7 Å². The lowest BCUT2D eigenvalue weighted by Crippen LogP contribution is -2.21. The Hall–Kier alpha value is -0.0900. The Labute approximate surface area is 113 Å². The van der Waals surface area contributed by atoms with Crippen molar-refractivity contribution in [1.29, 1.82) is 0 Å². The molecule has 0 nitrogen and oxygen atoms in total. The summed E-state index contributed by atoms with van der Waals surface area (Å²) in [5, 5.41) is 0.968. The van der Waals surface area contributed by atoms with Gasteiger partial charge in [-0.1, -0.05) is 28.8 Å². The van der Waals surface area contributed by atoms with Crippen LogP contribution >= 0.6 is 27.7 Å². The van der Waals surface area contributed by atoms with Gasteiger partial charge in [0.15, 0.2) is 0 Å². The molecule has 0 atom stereocenters. The van der Waals surface area contributed by atoms with Crippen molar-refractivity contribution in [3.8, 4) is 0 Å². The number of halogens is 3. The lowest BCUT2D eigenvalue weighted by molar-refractivity contribution is 0.405. The molecular weight excluding hydrogens is 306 g/mol. The number of benzene rings is 1. The molecule has 0 aliphatic heterocycles. The maximum atomic E-state index is 13.5. The summed E-state index contributed by atoms with van der Waals surface area (Å²) >= 11 is 5.07. The molecule has 17 heavy (non-hydrogen) atoms. The molecule has 0 unspecified atom stereocenters. The molecule has 1 aliphatic carbocycles. The van der Waals surface area contributed by atoms with Crippen LogP contribution in [0.4, 0.5) is 8.78 Å². The maximum absolute atomic E-state index is 13.5. The van der Waals surface area contributed by atoms with Gasteiger partial charge in [0.05, 0.1) is 0 Å². The molecular formula is C13H15BrF2S. The highest BCUT2D eigenvalue weighted by molar-refractivity contribution is 9.09. The molecule has 1 aliphatic rings. The third kappa shape index (κ3) is 3.22. The van der Waals surface area contributed by atoms with Crippen molar-refractivity contribution in [2.24, 2.45) is 5.41 Å². The van der Waals surface area contributed by atoms with Gasteiger partial charge in [-0.25, -0.2) is 8.78 Å². The lowest BCUT2D eigenvalue weighted by atomic mass is 9.92. The largest absolute Gasteiger partial charge is 0.207 e. The molecule has 2 rings (SSSR count). The van der Waals surface area contributed by atoms with E-state index in [4.69, 9.17) is 0 Å². The topological polar surface area (TPSA) is 0 Å². The normalized spacial score (nSPS) is 18.5. The SMILES string of the molecule is Fc1ccc(SCC2(CBr)CCCC2)c(F)c1. The van der Waals surface area contributed by atoms with Gasteiger partial charge in [-0.15, -0.1) is 11.8 Å². The summed E-state index contributed by atoms with van der Waals surface area (Å²) in [6, 6.07) is 3.81. The van der Waals surface area contributed by atoms with Crippen molar-refractivity contribution < 1.29 is 8.78 Å². The Bertz CT molecular complexity index is 389. The molecule has 0 radical (unpaired) electrons. The van der Waals surface area contributed by atoms with E-state index in [1.165, 1.54) is 49.6 Å². The summed E-state index contributed by atoms with van der Waals surface area (Å²) in [5.74, 6) is -0.0542. The van der Waals surface area contributed by atoms with E-state index >= 15 is 0 Å². The van der Waals surface area contributed by atoms with Crippen LogP contribution in [0.1, 0.15) is 25.7 Å². The fourth-order valence-electron chi connectivity index (χ4n) is 2.26. The molecule has 0 bridgehead atoms. The van der Waals surface area contributed by atoms with Crippen molar-refractivity contribution in [2.75, 3.05) is 11.1 Å². The summed E-state index contributed by atoms with van der Waals surface area (Å²) in [5.41, 5.74) is 0.297. The Morgan fingerprint density at radius 1 is 1.24 bits per heavy atom. The second-order valence-electron chi connectivity index (χ2n) is 4.70. The van der Waals surface area contributed by atoms with Crippen LogP contribution in [0, 0.1) is 17.0 Å². The molecule has 1 fully saturated rings. The second-order valence-corrected chi connectivity index (χ2v) is 6.28. The third-order valence-electron chi connectivity index (χ3n) is 3.38. The fraction of sp³-hybridized carbons (Fsp3) is 0.538. The minimum atomic E-state index is -0.511. The number of thioether (sulfide) groups is 1. The van der Waals surface area contributed by atoms with Crippen molar-refractivity contribution in [3.63, 3.8) is 0 Å². The zero-order valence-corrected chi connectivity index (χ0v) is 11.9. The van der Waals surface area contributed by atoms with Crippen LogP contribution < -0.4 is 0 Å². The number of alkyl halides is 1. The maximum Gasteiger partial charge on any atom is 0.139 e. The average Bonchev–Trinajstić information content (AvgIpc) is 2.77. The molecule has 0 N–H and O–H groups in total. The van der Waals surface area contributed by atoms with Gasteiger partial charge >= 0.3 is 0 Å². The summed E-state index contributed by atoms with van der Waals surface area (Å²) in [6.45, 7) is 0. The molecule has 4 heteroatoms. The van der Waals surface area contributed by atoms with Gasteiger partial charge in [0.25, 0.3) is 0 Å². The molecule has 1 saturated carbocycles. The molecule has 1 aromatic rings. The fourth-order valence-corrected chi connectivity index (χ4v) is 4.50. The number of hydrogen-bond acceptors (Lipinski definition) is 1. The molecule has 1 aromatic carbocycles. The predicted molar refractivity (Wildman–Crippen MR) is 71.8 cm³/mol. The summed E-state index contributed by atoms with van der Waals surface area (Å²) in [7, 11) is 0. The molecule has 0 amide bonds. The van der Waals surface area contributed by atoms with Gasteiger partial charge < -0.3 is 0 Å². The number of hydrogen-bond donors (Lipinski definition) is 0. The quantitative estimate of drug-likeness (QED) is 0.555. The first-order valence-corrected chi connectivity index (χ1v) is 7.90. The van der Waals surface area contributed by atoms with Crippen LogP contribution in [-0.2, 0) is 0 Å². The van der Waals surface area contributed by atoms with Gasteiger partial charge in [-0.3, -0.25) is 0 Å². The van der Waals surface area contributed by atoms with E-state index in [0.29, 0.717) is 10.3 Å². The van der Waals surface area contributed by atoms with E-state index in [9.17, 15) is 8.78 Å². The van der Waals surface area contributed by atoms with Gasteiger partial charge in [-0.2, -0.15) is 0 Å². The highest BCUT2D eigenvalue weighted by Gasteiger charge is 2.32. The van der Waals surface area contributed by atoms with Crippen molar-refractivity contribution in [1.82, 2.24) is 0 Å². The standard InChI is InChI=1S/C13H15BrF2S/c14-8-13(5-1-2-6-13)9-17-12-4-3-10(15)7-11(12)16/h3-4,7H,1-2,5-6,8-9H2.